The monoisotopic (exact) mass is 171 g/mol. The fourth-order valence-electron chi connectivity index (χ4n) is 1.19. The summed E-state index contributed by atoms with van der Waals surface area (Å²) < 4.78 is 23.9. The number of nitrogens with two attached hydrogens (primary N) is 1. The molecular formula is C9H11F2N. The van der Waals surface area contributed by atoms with Crippen LogP contribution in [0.2, 0.25) is 0 Å². The maximum atomic E-state index is 11.9. The smallest absolute Gasteiger partial charge is 0.242 e. The van der Waals surface area contributed by atoms with Gasteiger partial charge in [0.05, 0.1) is 0 Å². The van der Waals surface area contributed by atoms with Gasteiger partial charge in [-0.1, -0.05) is 6.07 Å². The normalized spacial score (nSPS) is 10.7. The molecule has 0 aliphatic heterocycles. The largest absolute Gasteiger partial charge is 0.399 e. The molecule has 0 radical (unpaired) electrons. The Morgan fingerprint density at radius 1 is 1.33 bits per heavy atom. The first kappa shape index (κ1) is 8.97. The van der Waals surface area contributed by atoms with E-state index in [4.69, 9.17) is 5.73 Å². The van der Waals surface area contributed by atoms with Gasteiger partial charge < -0.3 is 5.73 Å². The summed E-state index contributed by atoms with van der Waals surface area (Å²) in [7, 11) is 0. The van der Waals surface area contributed by atoms with Crippen LogP contribution in [-0.2, 0) is 6.42 Å². The van der Waals surface area contributed by atoms with Crippen LogP contribution in [0.25, 0.3) is 0 Å². The minimum atomic E-state index is -2.30. The first-order valence-corrected chi connectivity index (χ1v) is 3.72. The van der Waals surface area contributed by atoms with E-state index in [0.717, 1.165) is 5.56 Å². The summed E-state index contributed by atoms with van der Waals surface area (Å²) in [6, 6.07) is 5.07. The van der Waals surface area contributed by atoms with Crippen molar-refractivity contribution >= 4 is 5.69 Å². The maximum Gasteiger partial charge on any atom is 0.242 e. The second-order valence-electron chi connectivity index (χ2n) is 2.85. The maximum absolute atomic E-state index is 11.9. The Morgan fingerprint density at radius 3 is 2.50 bits per heavy atom. The first-order valence-electron chi connectivity index (χ1n) is 3.72. The lowest BCUT2D eigenvalue weighted by Gasteiger charge is -2.03. The highest BCUT2D eigenvalue weighted by Gasteiger charge is 2.04. The third kappa shape index (κ3) is 2.49. The van der Waals surface area contributed by atoms with Gasteiger partial charge in [0, 0.05) is 12.1 Å². The molecule has 0 bridgehead atoms. The predicted molar refractivity (Wildman–Crippen MR) is 45.3 cm³/mol. The number of anilines is 1. The van der Waals surface area contributed by atoms with E-state index in [1.807, 2.05) is 6.92 Å². The van der Waals surface area contributed by atoms with Gasteiger partial charge in [0.25, 0.3) is 0 Å². The lowest BCUT2D eigenvalue weighted by molar-refractivity contribution is 0.149. The zero-order valence-electron chi connectivity index (χ0n) is 6.85. The van der Waals surface area contributed by atoms with Gasteiger partial charge in [-0.15, -0.1) is 0 Å². The third-order valence-electron chi connectivity index (χ3n) is 1.55. The molecule has 0 spiro atoms. The molecule has 0 saturated carbocycles. The van der Waals surface area contributed by atoms with Gasteiger partial charge in [0.1, 0.15) is 0 Å². The summed E-state index contributed by atoms with van der Waals surface area (Å²) in [6.45, 7) is 1.84. The summed E-state index contributed by atoms with van der Waals surface area (Å²) in [5, 5.41) is 0. The molecule has 3 heteroatoms. The zero-order valence-corrected chi connectivity index (χ0v) is 6.85. The van der Waals surface area contributed by atoms with Crippen LogP contribution in [0, 0.1) is 6.92 Å². The standard InChI is InChI=1S/C9H11F2N/c1-6-2-7(5-9(10)11)4-8(12)3-6/h2-4,9H,5,12H2,1H3. The van der Waals surface area contributed by atoms with Gasteiger partial charge in [0.2, 0.25) is 6.43 Å². The Morgan fingerprint density at radius 2 is 2.00 bits per heavy atom. The summed E-state index contributed by atoms with van der Waals surface area (Å²) in [4.78, 5) is 0. The minimum absolute atomic E-state index is 0.216. The van der Waals surface area contributed by atoms with Crippen LogP contribution < -0.4 is 5.73 Å². The molecule has 2 N–H and O–H groups in total. The van der Waals surface area contributed by atoms with E-state index in [0.29, 0.717) is 11.3 Å². The van der Waals surface area contributed by atoms with E-state index in [9.17, 15) is 8.78 Å². The molecule has 0 unspecified atom stereocenters. The van der Waals surface area contributed by atoms with Crippen LogP contribution in [0.3, 0.4) is 0 Å². The molecule has 1 aromatic rings. The lowest BCUT2D eigenvalue weighted by atomic mass is 10.1. The number of aryl methyl sites for hydroxylation is 1. The van der Waals surface area contributed by atoms with Crippen LogP contribution in [0.15, 0.2) is 18.2 Å². The Balaban J connectivity index is 2.85. The predicted octanol–water partition coefficient (Wildman–Crippen LogP) is 2.38. The SMILES string of the molecule is Cc1cc(N)cc(CC(F)F)c1. The number of hydrogen-bond acceptors (Lipinski definition) is 1. The van der Waals surface area contributed by atoms with Gasteiger partial charge in [-0.2, -0.15) is 0 Å². The second kappa shape index (κ2) is 3.52. The number of hydrogen-bond donors (Lipinski definition) is 1. The second-order valence-corrected chi connectivity index (χ2v) is 2.85. The summed E-state index contributed by atoms with van der Waals surface area (Å²) in [6.07, 6.45) is -2.52. The van der Waals surface area contributed by atoms with Crippen molar-refractivity contribution in [2.75, 3.05) is 5.73 Å². The Kier molecular flexibility index (Phi) is 2.63. The van der Waals surface area contributed by atoms with Crippen molar-refractivity contribution in [3.8, 4) is 0 Å². The van der Waals surface area contributed by atoms with E-state index in [-0.39, 0.29) is 6.42 Å². The van der Waals surface area contributed by atoms with Crippen molar-refractivity contribution < 1.29 is 8.78 Å². The molecule has 1 rings (SSSR count). The van der Waals surface area contributed by atoms with Crippen LogP contribution in [0.5, 0.6) is 0 Å². The molecule has 0 amide bonds. The molecule has 0 aliphatic rings. The quantitative estimate of drug-likeness (QED) is 0.679. The summed E-state index contributed by atoms with van der Waals surface area (Å²) in [5.41, 5.74) is 7.56. The molecule has 0 aromatic heterocycles. The fraction of sp³-hybridized carbons (Fsp3) is 0.333. The average molecular weight is 171 g/mol. The first-order chi connectivity index (χ1) is 5.58. The molecule has 0 atom stereocenters. The van der Waals surface area contributed by atoms with Crippen LogP contribution in [0.4, 0.5) is 14.5 Å². The van der Waals surface area contributed by atoms with Crippen LogP contribution >= 0.6 is 0 Å². The van der Waals surface area contributed by atoms with Gasteiger partial charge in [-0.3, -0.25) is 0 Å². The molecule has 1 aromatic carbocycles. The molecule has 0 heterocycles. The van der Waals surface area contributed by atoms with Crippen molar-refractivity contribution in [3.63, 3.8) is 0 Å². The minimum Gasteiger partial charge on any atom is -0.399 e. The van der Waals surface area contributed by atoms with Crippen LogP contribution in [0.1, 0.15) is 11.1 Å². The Bertz CT molecular complexity index is 251. The molecule has 0 aliphatic carbocycles. The van der Waals surface area contributed by atoms with Crippen molar-refractivity contribution in [1.29, 1.82) is 0 Å². The number of benzene rings is 1. The number of rotatable bonds is 2. The van der Waals surface area contributed by atoms with Crippen molar-refractivity contribution in [2.45, 2.75) is 19.8 Å². The third-order valence-corrected chi connectivity index (χ3v) is 1.55. The van der Waals surface area contributed by atoms with E-state index < -0.39 is 6.43 Å². The van der Waals surface area contributed by atoms with Crippen molar-refractivity contribution in [3.05, 3.63) is 29.3 Å². The summed E-state index contributed by atoms with van der Waals surface area (Å²) >= 11 is 0. The number of nitrogen functional groups attached to an aromatic ring is 1. The van der Waals surface area contributed by atoms with Crippen LogP contribution in [-0.4, -0.2) is 6.43 Å². The number of halogens is 2. The zero-order chi connectivity index (χ0) is 9.14. The van der Waals surface area contributed by atoms with Gasteiger partial charge >= 0.3 is 0 Å². The average Bonchev–Trinajstić information content (AvgIpc) is 1.81. The topological polar surface area (TPSA) is 26.0 Å². The highest BCUT2D eigenvalue weighted by molar-refractivity contribution is 5.44. The van der Waals surface area contributed by atoms with E-state index in [1.165, 1.54) is 0 Å². The van der Waals surface area contributed by atoms with E-state index in [2.05, 4.69) is 0 Å². The fourth-order valence-corrected chi connectivity index (χ4v) is 1.19. The van der Waals surface area contributed by atoms with Gasteiger partial charge in [-0.25, -0.2) is 8.78 Å². The lowest BCUT2D eigenvalue weighted by Crippen LogP contribution is -1.98. The van der Waals surface area contributed by atoms with E-state index >= 15 is 0 Å². The molecule has 0 saturated heterocycles. The Hall–Kier alpha value is -1.12. The molecule has 12 heavy (non-hydrogen) atoms. The van der Waals surface area contributed by atoms with Gasteiger partial charge in [0.15, 0.2) is 0 Å². The molecule has 1 nitrogen and oxygen atoms in total. The highest BCUT2D eigenvalue weighted by atomic mass is 19.3. The summed E-state index contributed by atoms with van der Waals surface area (Å²) in [5.74, 6) is 0. The van der Waals surface area contributed by atoms with E-state index in [1.54, 1.807) is 18.2 Å². The van der Waals surface area contributed by atoms with Crippen molar-refractivity contribution in [2.24, 2.45) is 0 Å². The Labute approximate surface area is 70.2 Å². The molecule has 0 fully saturated rings. The van der Waals surface area contributed by atoms with Gasteiger partial charge in [-0.05, 0) is 30.2 Å². The van der Waals surface area contributed by atoms with Crippen molar-refractivity contribution in [1.82, 2.24) is 0 Å². The molecular weight excluding hydrogens is 160 g/mol. The highest BCUT2D eigenvalue weighted by Crippen LogP contribution is 2.14. The molecule has 66 valence electrons. The number of alkyl halides is 2.